The SMILES string of the molecule is CC(=N[S+]([O-])C(C)(C)C)C1CCN(C(=O)O)C(C(C)(C)C)C1. The van der Waals surface area contributed by atoms with E-state index in [0.717, 1.165) is 18.6 Å². The zero-order chi connectivity index (χ0) is 17.3. The zero-order valence-electron chi connectivity index (χ0n) is 14.8. The molecule has 0 saturated carbocycles. The van der Waals surface area contributed by atoms with E-state index < -0.39 is 17.5 Å². The number of carbonyl (C=O) groups is 1. The van der Waals surface area contributed by atoms with Gasteiger partial charge in [-0.1, -0.05) is 25.2 Å². The molecule has 5 nitrogen and oxygen atoms in total. The largest absolute Gasteiger partial charge is 0.591 e. The molecule has 0 spiro atoms. The highest BCUT2D eigenvalue weighted by molar-refractivity contribution is 7.91. The van der Waals surface area contributed by atoms with Crippen molar-refractivity contribution < 1.29 is 14.5 Å². The van der Waals surface area contributed by atoms with Gasteiger partial charge in [0.25, 0.3) is 0 Å². The Morgan fingerprint density at radius 3 is 2.23 bits per heavy atom. The molecule has 128 valence electrons. The van der Waals surface area contributed by atoms with Crippen LogP contribution in [-0.2, 0) is 11.4 Å². The minimum absolute atomic E-state index is 0.0445. The molecule has 1 rings (SSSR count). The van der Waals surface area contributed by atoms with Crippen molar-refractivity contribution >= 4 is 23.2 Å². The van der Waals surface area contributed by atoms with E-state index in [1.807, 2.05) is 27.7 Å². The smallest absolute Gasteiger partial charge is 0.407 e. The van der Waals surface area contributed by atoms with Crippen LogP contribution in [0.1, 0.15) is 61.3 Å². The third-order valence-electron chi connectivity index (χ3n) is 4.19. The van der Waals surface area contributed by atoms with Crippen LogP contribution in [0, 0.1) is 11.3 Å². The number of rotatable bonds is 2. The molecule has 0 bridgehead atoms. The summed E-state index contributed by atoms with van der Waals surface area (Å²) in [5, 5.41) is 9.40. The van der Waals surface area contributed by atoms with Crippen LogP contribution in [-0.4, -0.2) is 43.7 Å². The fourth-order valence-electron chi connectivity index (χ4n) is 2.74. The molecule has 0 radical (unpaired) electrons. The number of piperidine rings is 1. The minimum atomic E-state index is -1.26. The number of hydrogen-bond acceptors (Lipinski definition) is 3. The second-order valence-electron chi connectivity index (χ2n) is 8.17. The van der Waals surface area contributed by atoms with Gasteiger partial charge >= 0.3 is 6.09 Å². The molecular formula is C16H30N2O3S. The molecular weight excluding hydrogens is 300 g/mol. The molecule has 1 N–H and O–H groups in total. The maximum absolute atomic E-state index is 12.2. The quantitative estimate of drug-likeness (QED) is 0.619. The van der Waals surface area contributed by atoms with Gasteiger partial charge in [-0.05, 0) is 46.0 Å². The summed E-state index contributed by atoms with van der Waals surface area (Å²) in [4.78, 5) is 13.0. The Hall–Kier alpha value is -0.750. The average Bonchev–Trinajstić information content (AvgIpc) is 2.35. The molecule has 6 heteroatoms. The number of nitrogens with zero attached hydrogens (tertiary/aromatic N) is 2. The first-order valence-electron chi connectivity index (χ1n) is 7.80. The van der Waals surface area contributed by atoms with E-state index >= 15 is 0 Å². The first-order chi connectivity index (χ1) is 9.84. The van der Waals surface area contributed by atoms with Crippen LogP contribution in [0.2, 0.25) is 0 Å². The van der Waals surface area contributed by atoms with Crippen LogP contribution < -0.4 is 0 Å². The molecule has 1 fully saturated rings. The van der Waals surface area contributed by atoms with Crippen LogP contribution in [0.25, 0.3) is 0 Å². The molecule has 0 aromatic heterocycles. The summed E-state index contributed by atoms with van der Waals surface area (Å²) < 4.78 is 16.2. The molecule has 1 amide bonds. The van der Waals surface area contributed by atoms with Crippen molar-refractivity contribution in [2.24, 2.45) is 15.7 Å². The van der Waals surface area contributed by atoms with E-state index in [9.17, 15) is 14.5 Å². The van der Waals surface area contributed by atoms with E-state index in [1.165, 1.54) is 0 Å². The summed E-state index contributed by atoms with van der Waals surface area (Å²) >= 11 is -1.26. The van der Waals surface area contributed by atoms with E-state index in [4.69, 9.17) is 0 Å². The average molecular weight is 330 g/mol. The topological polar surface area (TPSA) is 76.0 Å². The molecule has 1 heterocycles. The number of carboxylic acid groups (broad SMARTS) is 1. The van der Waals surface area contributed by atoms with Gasteiger partial charge in [-0.15, -0.1) is 0 Å². The summed E-state index contributed by atoms with van der Waals surface area (Å²) in [6.45, 7) is 14.4. The minimum Gasteiger partial charge on any atom is -0.591 e. The zero-order valence-corrected chi connectivity index (χ0v) is 15.7. The first-order valence-corrected chi connectivity index (χ1v) is 8.91. The van der Waals surface area contributed by atoms with Gasteiger partial charge in [0.15, 0.2) is 0 Å². The van der Waals surface area contributed by atoms with Gasteiger partial charge in [-0.3, -0.25) is 0 Å². The van der Waals surface area contributed by atoms with E-state index in [0.29, 0.717) is 6.54 Å². The Balaban J connectivity index is 2.92. The lowest BCUT2D eigenvalue weighted by Gasteiger charge is -2.44. The predicted octanol–water partition coefficient (Wildman–Crippen LogP) is 3.71. The summed E-state index contributed by atoms with van der Waals surface area (Å²) in [5.41, 5.74) is 0.758. The van der Waals surface area contributed by atoms with E-state index in [2.05, 4.69) is 25.2 Å². The normalized spacial score (nSPS) is 26.0. The number of amides is 1. The lowest BCUT2D eigenvalue weighted by Crippen LogP contribution is -2.52. The second kappa shape index (κ2) is 6.79. The maximum Gasteiger partial charge on any atom is 0.407 e. The van der Waals surface area contributed by atoms with Gasteiger partial charge in [0, 0.05) is 18.5 Å². The summed E-state index contributed by atoms with van der Waals surface area (Å²) in [7, 11) is 0. The van der Waals surface area contributed by atoms with Crippen LogP contribution >= 0.6 is 0 Å². The first kappa shape index (κ1) is 19.3. The van der Waals surface area contributed by atoms with Crippen LogP contribution in [0.4, 0.5) is 4.79 Å². The molecule has 3 atom stereocenters. The van der Waals surface area contributed by atoms with Gasteiger partial charge in [-0.2, -0.15) is 0 Å². The highest BCUT2D eigenvalue weighted by Gasteiger charge is 2.40. The maximum atomic E-state index is 12.2. The Bertz CT molecular complexity index is 438. The predicted molar refractivity (Wildman–Crippen MR) is 91.7 cm³/mol. The van der Waals surface area contributed by atoms with Crippen molar-refractivity contribution in [1.29, 1.82) is 0 Å². The summed E-state index contributed by atoms with van der Waals surface area (Å²) in [5.74, 6) is 0.200. The highest BCUT2D eigenvalue weighted by Crippen LogP contribution is 2.35. The standard InChI is InChI=1S/C16H30N2O3S/c1-11(17-22(21)16(5,6)7)12-8-9-18(14(19)20)13(10-12)15(2,3)4/h12-13H,8-10H2,1-7H3,(H,19,20). The fourth-order valence-corrected chi connectivity index (χ4v) is 3.42. The molecule has 0 aromatic carbocycles. The van der Waals surface area contributed by atoms with Crippen LogP contribution in [0.5, 0.6) is 0 Å². The summed E-state index contributed by atoms with van der Waals surface area (Å²) in [6, 6.07) is -0.0445. The molecule has 3 unspecified atom stereocenters. The Morgan fingerprint density at radius 1 is 1.27 bits per heavy atom. The molecule has 1 aliphatic heterocycles. The Kier molecular flexibility index (Phi) is 5.95. The molecule has 1 aliphatic rings. The van der Waals surface area contributed by atoms with E-state index in [-0.39, 0.29) is 22.1 Å². The lowest BCUT2D eigenvalue weighted by atomic mass is 9.76. The van der Waals surface area contributed by atoms with Gasteiger partial charge in [0.05, 0.1) is 5.71 Å². The van der Waals surface area contributed by atoms with E-state index in [1.54, 1.807) is 4.90 Å². The third-order valence-corrected chi connectivity index (χ3v) is 5.69. The molecule has 0 aromatic rings. The molecule has 1 saturated heterocycles. The van der Waals surface area contributed by atoms with Crippen LogP contribution in [0.3, 0.4) is 0 Å². The monoisotopic (exact) mass is 330 g/mol. The van der Waals surface area contributed by atoms with Crippen molar-refractivity contribution in [3.05, 3.63) is 0 Å². The van der Waals surface area contributed by atoms with Crippen molar-refractivity contribution in [1.82, 2.24) is 4.90 Å². The second-order valence-corrected chi connectivity index (χ2v) is 10.1. The van der Waals surface area contributed by atoms with Gasteiger partial charge < -0.3 is 14.6 Å². The van der Waals surface area contributed by atoms with Gasteiger partial charge in [0.1, 0.15) is 16.1 Å². The third kappa shape index (κ3) is 4.88. The van der Waals surface area contributed by atoms with Crippen molar-refractivity contribution in [3.8, 4) is 0 Å². The highest BCUT2D eigenvalue weighted by atomic mass is 32.2. The lowest BCUT2D eigenvalue weighted by molar-refractivity contribution is 0.0509. The Labute approximate surface area is 137 Å². The molecule has 0 aliphatic carbocycles. The number of hydrogen-bond donors (Lipinski definition) is 1. The van der Waals surface area contributed by atoms with Gasteiger partial charge in [-0.25, -0.2) is 4.79 Å². The van der Waals surface area contributed by atoms with Crippen molar-refractivity contribution in [2.45, 2.75) is 72.1 Å². The molecule has 22 heavy (non-hydrogen) atoms. The fraction of sp³-hybridized carbons (Fsp3) is 0.875. The Morgan fingerprint density at radius 2 is 1.82 bits per heavy atom. The van der Waals surface area contributed by atoms with Crippen molar-refractivity contribution in [2.75, 3.05) is 6.54 Å². The van der Waals surface area contributed by atoms with Crippen molar-refractivity contribution in [3.63, 3.8) is 0 Å². The van der Waals surface area contributed by atoms with Crippen LogP contribution in [0.15, 0.2) is 4.40 Å². The number of likely N-dealkylation sites (tertiary alicyclic amines) is 1. The summed E-state index contributed by atoms with van der Waals surface area (Å²) in [6.07, 6.45) is 0.633. The van der Waals surface area contributed by atoms with Gasteiger partial charge in [0.2, 0.25) is 0 Å².